The van der Waals surface area contributed by atoms with Crippen LogP contribution in [-0.4, -0.2) is 30.6 Å². The van der Waals surface area contributed by atoms with Crippen LogP contribution < -0.4 is 5.32 Å². The summed E-state index contributed by atoms with van der Waals surface area (Å²) in [5.41, 5.74) is 2.78. The molecule has 2 heterocycles. The van der Waals surface area contributed by atoms with E-state index >= 15 is 0 Å². The van der Waals surface area contributed by atoms with Gasteiger partial charge < -0.3 is 10.4 Å². The fourth-order valence-corrected chi connectivity index (χ4v) is 3.58. The molecule has 0 saturated heterocycles. The summed E-state index contributed by atoms with van der Waals surface area (Å²) in [5, 5.41) is 20.8. The highest BCUT2D eigenvalue weighted by molar-refractivity contribution is 5.89. The lowest BCUT2D eigenvalue weighted by molar-refractivity contribution is -0.117. The third kappa shape index (κ3) is 4.81. The fourth-order valence-electron chi connectivity index (χ4n) is 3.58. The van der Waals surface area contributed by atoms with Crippen LogP contribution >= 0.6 is 0 Å². The molecule has 29 heavy (non-hydrogen) atoms. The molecule has 1 aromatic carbocycles. The van der Waals surface area contributed by atoms with Crippen molar-refractivity contribution < 1.29 is 9.90 Å². The predicted octanol–water partition coefficient (Wildman–Crippen LogP) is 3.23. The van der Waals surface area contributed by atoms with Gasteiger partial charge >= 0.3 is 0 Å². The molecule has 1 aliphatic rings. The summed E-state index contributed by atoms with van der Waals surface area (Å²) in [7, 11) is 0. The van der Waals surface area contributed by atoms with E-state index in [2.05, 4.69) is 27.7 Å². The van der Waals surface area contributed by atoms with Gasteiger partial charge in [-0.15, -0.1) is 0 Å². The number of anilines is 1. The van der Waals surface area contributed by atoms with Gasteiger partial charge in [0.2, 0.25) is 5.91 Å². The Balaban J connectivity index is 1.36. The average molecular weight is 391 g/mol. The monoisotopic (exact) mass is 391 g/mol. The summed E-state index contributed by atoms with van der Waals surface area (Å²) in [6.45, 7) is 0.961. The van der Waals surface area contributed by atoms with Gasteiger partial charge in [-0.2, -0.15) is 10.2 Å². The lowest BCUT2D eigenvalue weighted by Crippen LogP contribution is -2.22. The number of aliphatic hydroxyl groups is 1. The maximum atomic E-state index is 12.5. The predicted molar refractivity (Wildman–Crippen MR) is 111 cm³/mol. The minimum atomic E-state index is -0.138. The van der Waals surface area contributed by atoms with E-state index in [4.69, 9.17) is 5.11 Å². The summed E-state index contributed by atoms with van der Waals surface area (Å²) in [5.74, 6) is 1.14. The van der Waals surface area contributed by atoms with Gasteiger partial charge in [-0.1, -0.05) is 36.4 Å². The Hall–Kier alpha value is -3.19. The number of amides is 1. The number of aromatic nitrogens is 4. The highest BCUT2D eigenvalue weighted by atomic mass is 16.3. The molecular formula is C22H25N5O2. The van der Waals surface area contributed by atoms with E-state index in [1.54, 1.807) is 17.1 Å². The lowest BCUT2D eigenvalue weighted by atomic mass is 9.94. The normalized spacial score (nSPS) is 16.1. The molecule has 7 heteroatoms. The number of hydrogen-bond donors (Lipinski definition) is 2. The van der Waals surface area contributed by atoms with Crippen LogP contribution in [-0.2, 0) is 24.5 Å². The van der Waals surface area contributed by atoms with E-state index in [1.165, 1.54) is 0 Å². The minimum absolute atomic E-state index is 0.0216. The summed E-state index contributed by atoms with van der Waals surface area (Å²) in [6, 6.07) is 9.46. The molecule has 2 N–H and O–H groups in total. The first-order valence-electron chi connectivity index (χ1n) is 9.90. The molecule has 3 aromatic rings. The smallest absolute Gasteiger partial charge is 0.247 e. The molecule has 1 aliphatic carbocycles. The number of nitrogens with zero attached hydrogens (tertiary/aromatic N) is 4. The van der Waals surface area contributed by atoms with Gasteiger partial charge in [0.15, 0.2) is 0 Å². The molecule has 0 radical (unpaired) electrons. The van der Waals surface area contributed by atoms with Gasteiger partial charge in [-0.3, -0.25) is 9.48 Å². The van der Waals surface area contributed by atoms with Crippen LogP contribution in [0.25, 0.3) is 11.1 Å². The van der Waals surface area contributed by atoms with E-state index < -0.39 is 0 Å². The molecule has 1 atom stereocenters. The third-order valence-electron chi connectivity index (χ3n) is 5.20. The standard InChI is InChI=1S/C22H25N5O2/c28-16-18-6-8-19(9-7-18)20-12-24-26(14-20)15-22(29)25-21-10-11-23-27(21)13-17-4-2-1-3-5-17/h1-2,6-12,14,17,28H,3-5,13,15-16H2,(H,25,29)/t17-/m1/s1. The average Bonchev–Trinajstić information content (AvgIpc) is 3.38. The van der Waals surface area contributed by atoms with E-state index in [9.17, 15) is 4.79 Å². The maximum Gasteiger partial charge on any atom is 0.247 e. The zero-order valence-electron chi connectivity index (χ0n) is 16.2. The highest BCUT2D eigenvalue weighted by Crippen LogP contribution is 2.22. The molecule has 0 spiro atoms. The van der Waals surface area contributed by atoms with Gasteiger partial charge in [-0.25, -0.2) is 4.68 Å². The molecule has 0 fully saturated rings. The van der Waals surface area contributed by atoms with Crippen molar-refractivity contribution in [1.82, 2.24) is 19.6 Å². The largest absolute Gasteiger partial charge is 0.392 e. The topological polar surface area (TPSA) is 85.0 Å². The lowest BCUT2D eigenvalue weighted by Gasteiger charge is -2.19. The van der Waals surface area contributed by atoms with Crippen molar-refractivity contribution in [2.45, 2.75) is 39.0 Å². The number of rotatable bonds is 7. The van der Waals surface area contributed by atoms with Gasteiger partial charge in [0.1, 0.15) is 12.4 Å². The van der Waals surface area contributed by atoms with Crippen LogP contribution in [0.3, 0.4) is 0 Å². The zero-order valence-corrected chi connectivity index (χ0v) is 16.2. The first-order chi connectivity index (χ1) is 14.2. The molecule has 0 unspecified atom stereocenters. The van der Waals surface area contributed by atoms with Crippen LogP contribution in [0.5, 0.6) is 0 Å². The molecule has 1 amide bonds. The number of nitrogens with one attached hydrogen (secondary N) is 1. The van der Waals surface area contributed by atoms with Gasteiger partial charge in [0, 0.05) is 24.4 Å². The van der Waals surface area contributed by atoms with Crippen molar-refractivity contribution in [2.24, 2.45) is 5.92 Å². The molecule has 0 bridgehead atoms. The van der Waals surface area contributed by atoms with Crippen molar-refractivity contribution in [1.29, 1.82) is 0 Å². The summed E-state index contributed by atoms with van der Waals surface area (Å²) in [4.78, 5) is 12.5. The second kappa shape index (κ2) is 8.87. The van der Waals surface area contributed by atoms with E-state index in [1.807, 2.05) is 41.2 Å². The van der Waals surface area contributed by atoms with Crippen LogP contribution in [0, 0.1) is 5.92 Å². The number of benzene rings is 1. The third-order valence-corrected chi connectivity index (χ3v) is 5.20. The maximum absolute atomic E-state index is 12.5. The van der Waals surface area contributed by atoms with E-state index in [0.29, 0.717) is 5.92 Å². The van der Waals surface area contributed by atoms with E-state index in [-0.39, 0.29) is 19.1 Å². The highest BCUT2D eigenvalue weighted by Gasteiger charge is 2.15. The Morgan fingerprint density at radius 3 is 2.76 bits per heavy atom. The summed E-state index contributed by atoms with van der Waals surface area (Å²) < 4.78 is 3.50. The Kier molecular flexibility index (Phi) is 5.86. The molecule has 2 aromatic heterocycles. The van der Waals surface area contributed by atoms with Gasteiger partial charge in [-0.05, 0) is 36.3 Å². The van der Waals surface area contributed by atoms with Crippen molar-refractivity contribution in [3.63, 3.8) is 0 Å². The number of aliphatic hydroxyl groups excluding tert-OH is 1. The quantitative estimate of drug-likeness (QED) is 0.606. The Labute approximate surface area is 169 Å². The molecule has 0 saturated carbocycles. The first-order valence-corrected chi connectivity index (χ1v) is 9.90. The van der Waals surface area contributed by atoms with Gasteiger partial charge in [0.05, 0.1) is 19.0 Å². The Bertz CT molecular complexity index is 987. The van der Waals surface area contributed by atoms with Crippen molar-refractivity contribution in [3.8, 4) is 11.1 Å². The van der Waals surface area contributed by atoms with Gasteiger partial charge in [0.25, 0.3) is 0 Å². The second-order valence-corrected chi connectivity index (χ2v) is 7.38. The number of allylic oxidation sites excluding steroid dienone is 2. The molecule has 0 aliphatic heterocycles. The van der Waals surface area contributed by atoms with E-state index in [0.717, 1.165) is 48.3 Å². The van der Waals surface area contributed by atoms with Crippen LogP contribution in [0.15, 0.2) is 61.1 Å². The molecule has 7 nitrogen and oxygen atoms in total. The number of carbonyl (C=O) groups excluding carboxylic acids is 1. The SMILES string of the molecule is O=C(Cn1cc(-c2ccc(CO)cc2)cn1)Nc1ccnn1C[C@@H]1CC=CCC1. The summed E-state index contributed by atoms with van der Waals surface area (Å²) in [6.07, 6.45) is 13.1. The Morgan fingerprint density at radius 2 is 2.00 bits per heavy atom. The van der Waals surface area contributed by atoms with Crippen molar-refractivity contribution in [3.05, 3.63) is 66.6 Å². The van der Waals surface area contributed by atoms with Crippen LogP contribution in [0.2, 0.25) is 0 Å². The van der Waals surface area contributed by atoms with Crippen LogP contribution in [0.1, 0.15) is 24.8 Å². The molecule has 150 valence electrons. The second-order valence-electron chi connectivity index (χ2n) is 7.38. The zero-order chi connectivity index (χ0) is 20.1. The Morgan fingerprint density at radius 1 is 1.14 bits per heavy atom. The van der Waals surface area contributed by atoms with Crippen molar-refractivity contribution in [2.75, 3.05) is 5.32 Å². The van der Waals surface area contributed by atoms with Crippen molar-refractivity contribution >= 4 is 11.7 Å². The minimum Gasteiger partial charge on any atom is -0.392 e. The molecular weight excluding hydrogens is 366 g/mol. The number of hydrogen-bond acceptors (Lipinski definition) is 4. The first kappa shape index (κ1) is 19.1. The van der Waals surface area contributed by atoms with Crippen LogP contribution in [0.4, 0.5) is 5.82 Å². The summed E-state index contributed by atoms with van der Waals surface area (Å²) >= 11 is 0. The fraction of sp³-hybridized carbons (Fsp3) is 0.318. The number of carbonyl (C=O) groups is 1. The molecule has 4 rings (SSSR count).